The lowest BCUT2D eigenvalue weighted by Crippen LogP contribution is -2.01. The Morgan fingerprint density at radius 1 is 0.654 bits per heavy atom. The van der Waals surface area contributed by atoms with Crippen molar-refractivity contribution in [3.63, 3.8) is 0 Å². The molecule has 4 nitrogen and oxygen atoms in total. The maximum Gasteiger partial charge on any atom is 0.316 e. The van der Waals surface area contributed by atoms with Crippen LogP contribution in [0.4, 0.5) is 0 Å². The first-order valence-electron chi connectivity index (χ1n) is 10.0. The number of aromatic nitrogens is 2. The Balaban J connectivity index is 1.74. The maximum absolute atomic E-state index is 5.69. The number of unbranched alkanes of at least 4 members (excludes halogenated alkanes) is 6. The molecule has 0 aliphatic heterocycles. The molecule has 1 heterocycles. The largest absolute Gasteiger partial charge is 0.494 e. The van der Waals surface area contributed by atoms with Gasteiger partial charge in [0.25, 0.3) is 0 Å². The lowest BCUT2D eigenvalue weighted by molar-refractivity contribution is 0.281. The molecule has 0 aliphatic rings. The smallest absolute Gasteiger partial charge is 0.316 e. The Morgan fingerprint density at radius 3 is 1.96 bits per heavy atom. The second-order valence-electron chi connectivity index (χ2n) is 6.60. The topological polar surface area (TPSA) is 44.2 Å². The maximum atomic E-state index is 5.69. The Hall–Kier alpha value is -2.10. The molecular formula is C22H32N2O2. The molecule has 0 atom stereocenters. The van der Waals surface area contributed by atoms with Crippen molar-refractivity contribution < 1.29 is 9.47 Å². The Morgan fingerprint density at radius 2 is 1.27 bits per heavy atom. The highest BCUT2D eigenvalue weighted by atomic mass is 16.5. The fourth-order valence-corrected chi connectivity index (χ4v) is 2.66. The molecule has 0 N–H and O–H groups in total. The monoisotopic (exact) mass is 356 g/mol. The van der Waals surface area contributed by atoms with Crippen molar-refractivity contribution in [3.8, 4) is 22.9 Å². The van der Waals surface area contributed by atoms with E-state index in [2.05, 4.69) is 23.8 Å². The third-order valence-corrected chi connectivity index (χ3v) is 4.31. The molecule has 0 spiro atoms. The van der Waals surface area contributed by atoms with Crippen LogP contribution in [0.2, 0.25) is 0 Å². The molecule has 0 fully saturated rings. The van der Waals surface area contributed by atoms with Gasteiger partial charge in [0.2, 0.25) is 0 Å². The summed E-state index contributed by atoms with van der Waals surface area (Å²) in [6.45, 7) is 5.85. The summed E-state index contributed by atoms with van der Waals surface area (Å²) in [4.78, 5) is 8.64. The zero-order valence-electron chi connectivity index (χ0n) is 16.2. The number of hydrogen-bond donors (Lipinski definition) is 0. The molecule has 26 heavy (non-hydrogen) atoms. The van der Waals surface area contributed by atoms with E-state index in [1.54, 1.807) is 0 Å². The standard InChI is InChI=1S/C22H32N2O2/c1-3-5-7-8-9-10-16-26-22-23-17-20(18-24-22)19-11-13-21(14-12-19)25-15-6-4-2/h11-14,17-18H,3-10,15-16H2,1-2H3. The van der Waals surface area contributed by atoms with E-state index in [4.69, 9.17) is 9.47 Å². The molecule has 142 valence electrons. The summed E-state index contributed by atoms with van der Waals surface area (Å²) in [7, 11) is 0. The van der Waals surface area contributed by atoms with Gasteiger partial charge in [-0.15, -0.1) is 0 Å². The van der Waals surface area contributed by atoms with Gasteiger partial charge < -0.3 is 9.47 Å². The summed E-state index contributed by atoms with van der Waals surface area (Å²) in [5, 5.41) is 0. The second kappa shape index (κ2) is 12.3. The van der Waals surface area contributed by atoms with Crippen molar-refractivity contribution in [1.29, 1.82) is 0 Å². The molecule has 2 aromatic rings. The minimum absolute atomic E-state index is 0.460. The average molecular weight is 357 g/mol. The number of benzene rings is 1. The lowest BCUT2D eigenvalue weighted by atomic mass is 10.1. The molecule has 0 amide bonds. The normalized spacial score (nSPS) is 10.7. The van der Waals surface area contributed by atoms with E-state index in [-0.39, 0.29) is 0 Å². The van der Waals surface area contributed by atoms with Crippen molar-refractivity contribution in [1.82, 2.24) is 9.97 Å². The Labute approximate surface area is 158 Å². The van der Waals surface area contributed by atoms with Crippen molar-refractivity contribution >= 4 is 0 Å². The van der Waals surface area contributed by atoms with Gasteiger partial charge in [-0.3, -0.25) is 0 Å². The minimum Gasteiger partial charge on any atom is -0.494 e. The lowest BCUT2D eigenvalue weighted by Gasteiger charge is -2.07. The van der Waals surface area contributed by atoms with Crippen LogP contribution in [0, 0.1) is 0 Å². The summed E-state index contributed by atoms with van der Waals surface area (Å²) in [6.07, 6.45) is 13.4. The number of rotatable bonds is 13. The van der Waals surface area contributed by atoms with Gasteiger partial charge in [0, 0.05) is 18.0 Å². The first-order valence-corrected chi connectivity index (χ1v) is 10.0. The predicted molar refractivity (Wildman–Crippen MR) is 107 cm³/mol. The molecule has 0 radical (unpaired) electrons. The highest BCUT2D eigenvalue weighted by Crippen LogP contribution is 2.22. The number of ether oxygens (including phenoxy) is 2. The molecule has 4 heteroatoms. The van der Waals surface area contributed by atoms with Crippen LogP contribution < -0.4 is 9.47 Å². The second-order valence-corrected chi connectivity index (χ2v) is 6.60. The molecule has 0 aliphatic carbocycles. The van der Waals surface area contributed by atoms with E-state index in [9.17, 15) is 0 Å². The van der Waals surface area contributed by atoms with Gasteiger partial charge in [-0.2, -0.15) is 0 Å². The first kappa shape index (κ1) is 20.2. The van der Waals surface area contributed by atoms with Crippen molar-refractivity contribution in [2.75, 3.05) is 13.2 Å². The minimum atomic E-state index is 0.460. The zero-order valence-corrected chi connectivity index (χ0v) is 16.2. The van der Waals surface area contributed by atoms with Gasteiger partial charge in [-0.25, -0.2) is 9.97 Å². The Bertz CT molecular complexity index is 597. The van der Waals surface area contributed by atoms with Gasteiger partial charge in [-0.1, -0.05) is 64.5 Å². The molecule has 0 bridgehead atoms. The van der Waals surface area contributed by atoms with Crippen LogP contribution >= 0.6 is 0 Å². The van der Waals surface area contributed by atoms with Crippen LogP contribution in [0.15, 0.2) is 36.7 Å². The van der Waals surface area contributed by atoms with Crippen LogP contribution in [-0.4, -0.2) is 23.2 Å². The molecule has 0 unspecified atom stereocenters. The fourth-order valence-electron chi connectivity index (χ4n) is 2.66. The SMILES string of the molecule is CCCCCCCCOc1ncc(-c2ccc(OCCCC)cc2)cn1. The molecule has 0 saturated carbocycles. The fraction of sp³-hybridized carbons (Fsp3) is 0.545. The van der Waals surface area contributed by atoms with Crippen LogP contribution in [0.5, 0.6) is 11.8 Å². The predicted octanol–water partition coefficient (Wildman–Crippen LogP) is 6.06. The summed E-state index contributed by atoms with van der Waals surface area (Å²) >= 11 is 0. The molecule has 0 saturated heterocycles. The third-order valence-electron chi connectivity index (χ3n) is 4.31. The van der Waals surface area contributed by atoms with E-state index in [0.29, 0.717) is 12.6 Å². The highest BCUT2D eigenvalue weighted by Gasteiger charge is 2.02. The van der Waals surface area contributed by atoms with Crippen LogP contribution in [-0.2, 0) is 0 Å². The van der Waals surface area contributed by atoms with Gasteiger partial charge in [0.15, 0.2) is 0 Å². The first-order chi connectivity index (χ1) is 12.8. The van der Waals surface area contributed by atoms with E-state index >= 15 is 0 Å². The third kappa shape index (κ3) is 7.42. The van der Waals surface area contributed by atoms with Crippen LogP contribution in [0.3, 0.4) is 0 Å². The van der Waals surface area contributed by atoms with Gasteiger partial charge in [0.1, 0.15) is 5.75 Å². The van der Waals surface area contributed by atoms with Gasteiger partial charge >= 0.3 is 6.01 Å². The van der Waals surface area contributed by atoms with E-state index in [1.807, 2.05) is 36.7 Å². The summed E-state index contributed by atoms with van der Waals surface area (Å²) in [5.74, 6) is 0.905. The average Bonchev–Trinajstić information content (AvgIpc) is 2.69. The summed E-state index contributed by atoms with van der Waals surface area (Å²) in [5.41, 5.74) is 2.06. The molecule has 1 aromatic heterocycles. The van der Waals surface area contributed by atoms with Crippen molar-refractivity contribution in [2.24, 2.45) is 0 Å². The molecular weight excluding hydrogens is 324 g/mol. The zero-order chi connectivity index (χ0) is 18.5. The highest BCUT2D eigenvalue weighted by molar-refractivity contribution is 5.62. The number of hydrogen-bond acceptors (Lipinski definition) is 4. The van der Waals surface area contributed by atoms with E-state index in [1.165, 1.54) is 32.1 Å². The van der Waals surface area contributed by atoms with Crippen molar-refractivity contribution in [2.45, 2.75) is 65.2 Å². The van der Waals surface area contributed by atoms with E-state index < -0.39 is 0 Å². The molecule has 2 rings (SSSR count). The van der Waals surface area contributed by atoms with Gasteiger partial charge in [-0.05, 0) is 30.5 Å². The summed E-state index contributed by atoms with van der Waals surface area (Å²) in [6, 6.07) is 8.53. The van der Waals surface area contributed by atoms with Gasteiger partial charge in [0.05, 0.1) is 13.2 Å². The summed E-state index contributed by atoms with van der Waals surface area (Å²) < 4.78 is 11.3. The van der Waals surface area contributed by atoms with E-state index in [0.717, 1.165) is 42.7 Å². The Kier molecular flexibility index (Phi) is 9.55. The number of nitrogens with zero attached hydrogens (tertiary/aromatic N) is 2. The van der Waals surface area contributed by atoms with Crippen LogP contribution in [0.25, 0.3) is 11.1 Å². The quantitative estimate of drug-likeness (QED) is 0.409. The van der Waals surface area contributed by atoms with Crippen molar-refractivity contribution in [3.05, 3.63) is 36.7 Å². The van der Waals surface area contributed by atoms with Crippen LogP contribution in [0.1, 0.15) is 65.2 Å². The molecule has 1 aromatic carbocycles.